The summed E-state index contributed by atoms with van der Waals surface area (Å²) < 4.78 is 18.6. The molecule has 0 atom stereocenters. The Balaban J connectivity index is 1.49. The van der Waals surface area contributed by atoms with Crippen molar-refractivity contribution in [2.45, 2.75) is 6.54 Å². The number of anilines is 1. The van der Waals surface area contributed by atoms with E-state index in [0.29, 0.717) is 34.6 Å². The molecule has 2 aromatic heterocycles. The number of hydrogen-bond acceptors (Lipinski definition) is 6. The van der Waals surface area contributed by atoms with Gasteiger partial charge in [-0.2, -0.15) is 4.98 Å². The Labute approximate surface area is 186 Å². The lowest BCUT2D eigenvalue weighted by atomic mass is 10.2. The fourth-order valence-corrected chi connectivity index (χ4v) is 3.32. The van der Waals surface area contributed by atoms with Gasteiger partial charge in [0.05, 0.1) is 14.2 Å². The molecule has 8 nitrogen and oxygen atoms in total. The number of carbonyl (C=O) groups excluding carboxylic acids is 1. The maximum Gasteiger partial charge on any atom is 0.274 e. The van der Waals surface area contributed by atoms with E-state index in [-0.39, 0.29) is 12.5 Å². The Kier molecular flexibility index (Phi) is 6.03. The van der Waals surface area contributed by atoms with Gasteiger partial charge in [0, 0.05) is 28.0 Å². The van der Waals surface area contributed by atoms with E-state index in [2.05, 4.69) is 31.4 Å². The lowest BCUT2D eigenvalue weighted by Crippen LogP contribution is -2.18. The van der Waals surface area contributed by atoms with Crippen LogP contribution in [0, 0.1) is 0 Å². The first-order valence-electron chi connectivity index (χ1n) is 9.34. The molecule has 158 valence electrons. The van der Waals surface area contributed by atoms with E-state index in [9.17, 15) is 4.79 Å². The van der Waals surface area contributed by atoms with E-state index in [1.807, 2.05) is 36.4 Å². The number of hydrogen-bond donors (Lipinski definition) is 1. The third-order valence-corrected chi connectivity index (χ3v) is 5.09. The predicted molar refractivity (Wildman–Crippen MR) is 119 cm³/mol. The predicted octanol–water partition coefficient (Wildman–Crippen LogP) is 4.62. The molecule has 1 N–H and O–H groups in total. The molecule has 4 aromatic rings. The van der Waals surface area contributed by atoms with Crippen molar-refractivity contribution in [3.63, 3.8) is 0 Å². The minimum atomic E-state index is -0.211. The van der Waals surface area contributed by atoms with Crippen LogP contribution in [0.3, 0.4) is 0 Å². The van der Waals surface area contributed by atoms with Crippen LogP contribution in [-0.4, -0.2) is 34.8 Å². The van der Waals surface area contributed by atoms with E-state index in [0.717, 1.165) is 10.0 Å². The maximum atomic E-state index is 12.6. The molecule has 0 spiro atoms. The Hall–Kier alpha value is -3.59. The molecule has 9 heteroatoms. The summed E-state index contributed by atoms with van der Waals surface area (Å²) in [4.78, 5) is 17.1. The zero-order chi connectivity index (χ0) is 21.8. The lowest BCUT2D eigenvalue weighted by molar-refractivity contribution is -0.116. The largest absolute Gasteiger partial charge is 0.493 e. The van der Waals surface area contributed by atoms with Crippen molar-refractivity contribution in [2.75, 3.05) is 19.5 Å². The van der Waals surface area contributed by atoms with Gasteiger partial charge in [0.15, 0.2) is 11.5 Å². The summed E-state index contributed by atoms with van der Waals surface area (Å²) in [6.45, 7) is 0.0761. The quantitative estimate of drug-likeness (QED) is 0.413. The zero-order valence-corrected chi connectivity index (χ0v) is 18.4. The smallest absolute Gasteiger partial charge is 0.274 e. The molecule has 0 saturated heterocycles. The second-order valence-electron chi connectivity index (χ2n) is 6.57. The number of ether oxygens (including phenoxy) is 2. The van der Waals surface area contributed by atoms with Gasteiger partial charge in [-0.05, 0) is 48.5 Å². The van der Waals surface area contributed by atoms with Crippen LogP contribution in [0.4, 0.5) is 5.69 Å². The van der Waals surface area contributed by atoms with Crippen LogP contribution in [-0.2, 0) is 11.3 Å². The van der Waals surface area contributed by atoms with Crippen LogP contribution in [0.25, 0.3) is 23.0 Å². The Morgan fingerprint density at radius 3 is 2.61 bits per heavy atom. The highest BCUT2D eigenvalue weighted by atomic mass is 79.9. The number of amides is 1. The molecule has 2 aromatic carbocycles. The molecule has 0 unspecified atom stereocenters. The van der Waals surface area contributed by atoms with E-state index < -0.39 is 0 Å². The highest BCUT2D eigenvalue weighted by molar-refractivity contribution is 9.10. The standard InChI is InChI=1S/C22H19BrN4O4/c1-29-18-10-9-16(12-19(18)30-2)24-20(28)13-27-11-3-4-17(27)22-25-21(26-31-22)14-5-7-15(23)8-6-14/h3-12H,13H2,1-2H3,(H,24,28). The lowest BCUT2D eigenvalue weighted by Gasteiger charge is -2.11. The van der Waals surface area contributed by atoms with Crippen molar-refractivity contribution in [3.05, 3.63) is 65.3 Å². The zero-order valence-electron chi connectivity index (χ0n) is 16.8. The summed E-state index contributed by atoms with van der Waals surface area (Å²) in [6.07, 6.45) is 1.78. The number of rotatable bonds is 7. The third kappa shape index (κ3) is 4.61. The van der Waals surface area contributed by atoms with E-state index in [1.54, 1.807) is 43.2 Å². The van der Waals surface area contributed by atoms with E-state index in [4.69, 9.17) is 14.0 Å². The summed E-state index contributed by atoms with van der Waals surface area (Å²) in [6, 6.07) is 16.4. The summed E-state index contributed by atoms with van der Waals surface area (Å²) in [5.74, 6) is 1.73. The van der Waals surface area contributed by atoms with Crippen molar-refractivity contribution >= 4 is 27.5 Å². The number of halogens is 1. The third-order valence-electron chi connectivity index (χ3n) is 4.56. The van der Waals surface area contributed by atoms with Crippen LogP contribution >= 0.6 is 15.9 Å². The van der Waals surface area contributed by atoms with Crippen LogP contribution in [0.15, 0.2) is 69.8 Å². The van der Waals surface area contributed by atoms with Gasteiger partial charge in [0.25, 0.3) is 5.89 Å². The minimum Gasteiger partial charge on any atom is -0.493 e. The van der Waals surface area contributed by atoms with Gasteiger partial charge < -0.3 is 23.9 Å². The van der Waals surface area contributed by atoms with Gasteiger partial charge in [0.1, 0.15) is 12.2 Å². The second-order valence-corrected chi connectivity index (χ2v) is 7.48. The monoisotopic (exact) mass is 482 g/mol. The number of aromatic nitrogens is 3. The van der Waals surface area contributed by atoms with Crippen molar-refractivity contribution in [2.24, 2.45) is 0 Å². The molecule has 0 saturated carbocycles. The summed E-state index contributed by atoms with van der Waals surface area (Å²) in [7, 11) is 3.10. The van der Waals surface area contributed by atoms with E-state index >= 15 is 0 Å². The minimum absolute atomic E-state index is 0.0761. The molecule has 31 heavy (non-hydrogen) atoms. The van der Waals surface area contributed by atoms with Crippen molar-refractivity contribution in [1.82, 2.24) is 14.7 Å². The number of methoxy groups -OCH3 is 2. The summed E-state index contributed by atoms with van der Waals surface area (Å²) >= 11 is 3.41. The number of carbonyl (C=O) groups is 1. The molecule has 0 aliphatic carbocycles. The molecular formula is C22H19BrN4O4. The topological polar surface area (TPSA) is 91.4 Å². The first-order valence-corrected chi connectivity index (χ1v) is 10.1. The molecule has 0 aliphatic heterocycles. The maximum absolute atomic E-state index is 12.6. The molecule has 1 amide bonds. The number of nitrogens with zero attached hydrogens (tertiary/aromatic N) is 3. The highest BCUT2D eigenvalue weighted by Gasteiger charge is 2.16. The Morgan fingerprint density at radius 1 is 1.10 bits per heavy atom. The second kappa shape index (κ2) is 9.05. The summed E-state index contributed by atoms with van der Waals surface area (Å²) in [5.41, 5.74) is 2.09. The average Bonchev–Trinajstić information content (AvgIpc) is 3.43. The SMILES string of the molecule is COc1ccc(NC(=O)Cn2cccc2-c2nc(-c3ccc(Br)cc3)no2)cc1OC. The van der Waals surface area contributed by atoms with Gasteiger partial charge in [0.2, 0.25) is 11.7 Å². The average molecular weight is 483 g/mol. The number of nitrogens with one attached hydrogen (secondary N) is 1. The molecule has 0 fully saturated rings. The van der Waals surface area contributed by atoms with Crippen LogP contribution in [0.2, 0.25) is 0 Å². The van der Waals surface area contributed by atoms with E-state index in [1.165, 1.54) is 0 Å². The van der Waals surface area contributed by atoms with Crippen LogP contribution in [0.5, 0.6) is 11.5 Å². The first kappa shape index (κ1) is 20.7. The Bertz CT molecular complexity index is 1200. The molecule has 0 radical (unpaired) electrons. The first-order chi connectivity index (χ1) is 15.1. The van der Waals surface area contributed by atoms with Gasteiger partial charge in [-0.3, -0.25) is 4.79 Å². The van der Waals surface area contributed by atoms with Crippen LogP contribution in [0.1, 0.15) is 0 Å². The molecule has 4 rings (SSSR count). The van der Waals surface area contributed by atoms with Crippen molar-refractivity contribution < 1.29 is 18.8 Å². The molecule has 0 aliphatic rings. The highest BCUT2D eigenvalue weighted by Crippen LogP contribution is 2.30. The fourth-order valence-electron chi connectivity index (χ4n) is 3.06. The van der Waals surface area contributed by atoms with Crippen molar-refractivity contribution in [1.29, 1.82) is 0 Å². The van der Waals surface area contributed by atoms with Gasteiger partial charge in [-0.25, -0.2) is 0 Å². The number of benzene rings is 2. The molecule has 0 bridgehead atoms. The summed E-state index contributed by atoms with van der Waals surface area (Å²) in [5, 5.41) is 6.91. The van der Waals surface area contributed by atoms with Gasteiger partial charge >= 0.3 is 0 Å². The normalized spacial score (nSPS) is 10.7. The van der Waals surface area contributed by atoms with Crippen LogP contribution < -0.4 is 14.8 Å². The van der Waals surface area contributed by atoms with Gasteiger partial charge in [-0.1, -0.05) is 21.1 Å². The Morgan fingerprint density at radius 2 is 1.87 bits per heavy atom. The van der Waals surface area contributed by atoms with Gasteiger partial charge in [-0.15, -0.1) is 0 Å². The van der Waals surface area contributed by atoms with Crippen molar-refractivity contribution in [3.8, 4) is 34.5 Å². The molecular weight excluding hydrogens is 464 g/mol. The molecule has 2 heterocycles. The fraction of sp³-hybridized carbons (Fsp3) is 0.136.